The van der Waals surface area contributed by atoms with Gasteiger partial charge in [0.05, 0.1) is 12.3 Å². The number of aliphatic carboxylic acids is 1. The van der Waals surface area contributed by atoms with Crippen LogP contribution in [0.5, 0.6) is 0 Å². The third kappa shape index (κ3) is 4.94. The summed E-state index contributed by atoms with van der Waals surface area (Å²) in [5.41, 5.74) is 1.49. The summed E-state index contributed by atoms with van der Waals surface area (Å²) in [5.74, 6) is -1.94. The van der Waals surface area contributed by atoms with Crippen molar-refractivity contribution in [3.05, 3.63) is 46.6 Å². The van der Waals surface area contributed by atoms with Gasteiger partial charge in [0.25, 0.3) is 0 Å². The Kier molecular flexibility index (Phi) is 6.53. The van der Waals surface area contributed by atoms with Crippen LogP contribution in [0.4, 0.5) is 0 Å². The summed E-state index contributed by atoms with van der Waals surface area (Å²) < 4.78 is 6.28. The van der Waals surface area contributed by atoms with Gasteiger partial charge in [-0.2, -0.15) is 10.4 Å². The van der Waals surface area contributed by atoms with Crippen molar-refractivity contribution in [1.82, 2.24) is 9.78 Å². The molecule has 0 aliphatic heterocycles. The van der Waals surface area contributed by atoms with Crippen LogP contribution >= 0.6 is 11.6 Å². The van der Waals surface area contributed by atoms with Gasteiger partial charge in [-0.3, -0.25) is 4.68 Å². The molecule has 1 heterocycles. The molecule has 7 nitrogen and oxygen atoms in total. The second kappa shape index (κ2) is 8.83. The minimum Gasteiger partial charge on any atom is -0.550 e. The molecule has 2 rings (SSSR count). The normalized spacial score (nSPS) is 11.0. The zero-order chi connectivity index (χ0) is 19.1. The predicted molar refractivity (Wildman–Crippen MR) is 92.5 cm³/mol. The smallest absolute Gasteiger partial charge is 0.348 e. The monoisotopic (exact) mass is 372 g/mol. The van der Waals surface area contributed by atoms with E-state index >= 15 is 0 Å². The Morgan fingerprint density at radius 3 is 2.65 bits per heavy atom. The Balaban J connectivity index is 2.47. The first-order valence-electron chi connectivity index (χ1n) is 7.76. The Hall–Kier alpha value is -3.11. The second-order valence-electron chi connectivity index (χ2n) is 5.22. The number of halogens is 1. The van der Waals surface area contributed by atoms with E-state index in [2.05, 4.69) is 5.10 Å². The average molecular weight is 373 g/mol. The Morgan fingerprint density at radius 1 is 1.38 bits per heavy atom. The molecule has 0 spiro atoms. The molecular weight excluding hydrogens is 358 g/mol. The summed E-state index contributed by atoms with van der Waals surface area (Å²) in [6, 6.07) is 8.65. The lowest BCUT2D eigenvalue weighted by molar-refractivity contribution is -0.306. The van der Waals surface area contributed by atoms with Crippen molar-refractivity contribution in [1.29, 1.82) is 5.26 Å². The van der Waals surface area contributed by atoms with Crippen LogP contribution in [0.3, 0.4) is 0 Å². The lowest BCUT2D eigenvalue weighted by atomic mass is 10.1. The number of carbonyl (C=O) groups excluding carboxylic acids is 2. The average Bonchev–Trinajstić information content (AvgIpc) is 3.01. The number of esters is 1. The van der Waals surface area contributed by atoms with Crippen LogP contribution in [0.25, 0.3) is 17.3 Å². The van der Waals surface area contributed by atoms with Gasteiger partial charge < -0.3 is 14.6 Å². The van der Waals surface area contributed by atoms with Gasteiger partial charge in [-0.05, 0) is 25.1 Å². The van der Waals surface area contributed by atoms with Gasteiger partial charge in [-0.1, -0.05) is 23.7 Å². The van der Waals surface area contributed by atoms with Crippen LogP contribution in [0.15, 0.2) is 36.0 Å². The van der Waals surface area contributed by atoms with Gasteiger partial charge in [0, 0.05) is 41.3 Å². The van der Waals surface area contributed by atoms with Crippen molar-refractivity contribution >= 4 is 29.6 Å². The zero-order valence-electron chi connectivity index (χ0n) is 13.9. The van der Waals surface area contributed by atoms with Crippen molar-refractivity contribution in [2.75, 3.05) is 6.61 Å². The minimum atomic E-state index is -1.20. The van der Waals surface area contributed by atoms with Crippen molar-refractivity contribution < 1.29 is 19.4 Å². The van der Waals surface area contributed by atoms with E-state index in [1.807, 2.05) is 0 Å². The van der Waals surface area contributed by atoms with E-state index < -0.39 is 11.9 Å². The maximum Gasteiger partial charge on any atom is 0.348 e. The van der Waals surface area contributed by atoms with E-state index in [0.717, 1.165) is 0 Å². The molecule has 0 atom stereocenters. The number of carboxylic acids is 1. The summed E-state index contributed by atoms with van der Waals surface area (Å²) >= 11 is 5.90. The minimum absolute atomic E-state index is 0.0953. The van der Waals surface area contributed by atoms with Crippen molar-refractivity contribution in [3.8, 4) is 17.3 Å². The van der Waals surface area contributed by atoms with Crippen LogP contribution in [0, 0.1) is 11.3 Å². The second-order valence-corrected chi connectivity index (χ2v) is 5.65. The molecule has 0 amide bonds. The van der Waals surface area contributed by atoms with E-state index in [1.165, 1.54) is 10.8 Å². The summed E-state index contributed by atoms with van der Waals surface area (Å²) in [6.07, 6.45) is 2.71. The fourth-order valence-electron chi connectivity index (χ4n) is 2.20. The van der Waals surface area contributed by atoms with Gasteiger partial charge in [0.1, 0.15) is 11.6 Å². The van der Waals surface area contributed by atoms with Crippen LogP contribution in [0.1, 0.15) is 18.9 Å². The van der Waals surface area contributed by atoms with Gasteiger partial charge in [-0.25, -0.2) is 4.79 Å². The lowest BCUT2D eigenvalue weighted by Gasteiger charge is -2.02. The number of hydrogen-bond donors (Lipinski definition) is 0. The van der Waals surface area contributed by atoms with Crippen molar-refractivity contribution in [2.45, 2.75) is 19.9 Å². The summed E-state index contributed by atoms with van der Waals surface area (Å²) in [6.45, 7) is 1.88. The van der Waals surface area contributed by atoms with Crippen LogP contribution in [-0.4, -0.2) is 28.3 Å². The molecular formula is C18H15ClN3O4-. The van der Waals surface area contributed by atoms with E-state index in [1.54, 1.807) is 43.5 Å². The SMILES string of the molecule is CCOC(=O)C(C#N)=Cc1cn(CCC(=O)[O-])nc1-c1ccc(Cl)cc1. The first-order valence-corrected chi connectivity index (χ1v) is 8.14. The molecule has 0 bridgehead atoms. The number of benzene rings is 1. The van der Waals surface area contributed by atoms with Gasteiger partial charge in [0.15, 0.2) is 0 Å². The standard InChI is InChI=1S/C18H16ClN3O4/c1-2-26-18(25)13(10-20)9-14-11-22(8-7-16(23)24)21-17(14)12-3-5-15(19)6-4-12/h3-6,9,11H,2,7-8H2,1H3,(H,23,24)/p-1. The molecule has 1 aromatic carbocycles. The maximum absolute atomic E-state index is 11.8. The third-order valence-electron chi connectivity index (χ3n) is 3.37. The fraction of sp³-hybridized carbons (Fsp3) is 0.222. The summed E-state index contributed by atoms with van der Waals surface area (Å²) in [7, 11) is 0. The first-order chi connectivity index (χ1) is 12.4. The third-order valence-corrected chi connectivity index (χ3v) is 3.62. The quantitative estimate of drug-likeness (QED) is 0.416. The molecule has 0 unspecified atom stereocenters. The van der Waals surface area contributed by atoms with Gasteiger partial charge in [-0.15, -0.1) is 0 Å². The highest BCUT2D eigenvalue weighted by atomic mass is 35.5. The highest BCUT2D eigenvalue weighted by Crippen LogP contribution is 2.26. The molecule has 1 aromatic heterocycles. The molecule has 0 fully saturated rings. The highest BCUT2D eigenvalue weighted by Gasteiger charge is 2.15. The number of carboxylic acid groups (broad SMARTS) is 1. The number of aromatic nitrogens is 2. The molecule has 0 saturated heterocycles. The van der Waals surface area contributed by atoms with Crippen LogP contribution in [-0.2, 0) is 20.9 Å². The molecule has 0 saturated carbocycles. The zero-order valence-corrected chi connectivity index (χ0v) is 14.7. The first kappa shape index (κ1) is 19.2. The number of nitriles is 1. The molecule has 0 aliphatic carbocycles. The molecule has 0 aliphatic rings. The topological polar surface area (TPSA) is 108 Å². The molecule has 2 aromatic rings. The van der Waals surface area contributed by atoms with Crippen molar-refractivity contribution in [3.63, 3.8) is 0 Å². The summed E-state index contributed by atoms with van der Waals surface area (Å²) in [5, 5.41) is 24.8. The fourth-order valence-corrected chi connectivity index (χ4v) is 2.32. The molecule has 8 heteroatoms. The lowest BCUT2D eigenvalue weighted by Crippen LogP contribution is -2.23. The Labute approximate surface area is 155 Å². The number of carbonyl (C=O) groups is 2. The predicted octanol–water partition coefficient (Wildman–Crippen LogP) is 1.81. The number of nitrogens with zero attached hydrogens (tertiary/aromatic N) is 3. The largest absolute Gasteiger partial charge is 0.550 e. The Bertz CT molecular complexity index is 879. The van der Waals surface area contributed by atoms with Crippen LogP contribution < -0.4 is 5.11 Å². The number of ether oxygens (including phenoxy) is 1. The van der Waals surface area contributed by atoms with E-state index in [4.69, 9.17) is 16.3 Å². The maximum atomic E-state index is 11.8. The molecule has 0 N–H and O–H groups in total. The van der Waals surface area contributed by atoms with Crippen molar-refractivity contribution in [2.24, 2.45) is 0 Å². The number of aryl methyl sites for hydroxylation is 1. The van der Waals surface area contributed by atoms with Gasteiger partial charge in [0.2, 0.25) is 0 Å². The number of hydrogen-bond acceptors (Lipinski definition) is 6. The Morgan fingerprint density at radius 2 is 2.08 bits per heavy atom. The summed E-state index contributed by atoms with van der Waals surface area (Å²) in [4.78, 5) is 22.5. The molecule has 134 valence electrons. The highest BCUT2D eigenvalue weighted by molar-refractivity contribution is 6.30. The molecule has 0 radical (unpaired) electrons. The van der Waals surface area contributed by atoms with E-state index in [0.29, 0.717) is 21.8 Å². The number of rotatable bonds is 7. The van der Waals surface area contributed by atoms with E-state index in [-0.39, 0.29) is 25.1 Å². The van der Waals surface area contributed by atoms with Gasteiger partial charge >= 0.3 is 5.97 Å². The van der Waals surface area contributed by atoms with E-state index in [9.17, 15) is 20.0 Å². The molecule has 26 heavy (non-hydrogen) atoms. The van der Waals surface area contributed by atoms with Crippen LogP contribution in [0.2, 0.25) is 5.02 Å².